The summed E-state index contributed by atoms with van der Waals surface area (Å²) in [6, 6.07) is 9.13. The minimum Gasteiger partial charge on any atom is -0.480 e. The number of aliphatic carboxylic acids is 1. The lowest BCUT2D eigenvalue weighted by Gasteiger charge is -2.70. The van der Waals surface area contributed by atoms with Gasteiger partial charge in [0.05, 0.1) is 5.41 Å². The molecule has 1 amide bonds. The number of nitrogens with zero attached hydrogens (tertiary/aromatic N) is 1. The molecule has 1 heterocycles. The van der Waals surface area contributed by atoms with Crippen LogP contribution in [-0.4, -0.2) is 46.2 Å². The third-order valence-corrected chi connectivity index (χ3v) is 16.4. The van der Waals surface area contributed by atoms with Gasteiger partial charge in [0.15, 0.2) is 5.78 Å². The lowest BCUT2D eigenvalue weighted by Crippen LogP contribution is -2.66. The fourth-order valence-corrected chi connectivity index (χ4v) is 13.2. The van der Waals surface area contributed by atoms with Gasteiger partial charge in [0.25, 0.3) is 0 Å². The zero-order valence-corrected chi connectivity index (χ0v) is 31.5. The highest BCUT2D eigenvalue weighted by atomic mass is 16.5. The number of allylic oxidation sites excluding steroid dienone is 2. The molecule has 5 fully saturated rings. The Morgan fingerprint density at radius 1 is 0.880 bits per heavy atom. The summed E-state index contributed by atoms with van der Waals surface area (Å²) >= 11 is 0. The highest BCUT2D eigenvalue weighted by molar-refractivity contribution is 5.96. The minimum absolute atomic E-state index is 0.00592. The maximum atomic E-state index is 14.9. The number of likely N-dealkylation sites (tertiary alicyclic amines) is 1. The van der Waals surface area contributed by atoms with E-state index in [1.807, 2.05) is 30.3 Å². The third kappa shape index (κ3) is 5.01. The average Bonchev–Trinajstić information content (AvgIpc) is 3.56. The summed E-state index contributed by atoms with van der Waals surface area (Å²) in [4.78, 5) is 56.4. The number of esters is 1. The van der Waals surface area contributed by atoms with Gasteiger partial charge in [-0.3, -0.25) is 14.4 Å². The number of hydrogen-bond acceptors (Lipinski definition) is 5. The second-order valence-corrected chi connectivity index (χ2v) is 19.3. The number of carboxylic acids is 1. The second-order valence-electron chi connectivity index (χ2n) is 19.3. The second kappa shape index (κ2) is 11.8. The largest absolute Gasteiger partial charge is 0.480 e. The van der Waals surface area contributed by atoms with E-state index in [0.717, 1.165) is 56.9 Å². The molecule has 10 atom stereocenters. The molecule has 0 bridgehead atoms. The summed E-state index contributed by atoms with van der Waals surface area (Å²) in [5, 5.41) is 9.85. The lowest BCUT2D eigenvalue weighted by molar-refractivity contribution is -0.197. The van der Waals surface area contributed by atoms with E-state index in [1.165, 1.54) is 5.57 Å². The van der Waals surface area contributed by atoms with Crippen molar-refractivity contribution in [2.24, 2.45) is 56.2 Å². The Balaban J connectivity index is 1.18. The predicted octanol–water partition coefficient (Wildman–Crippen LogP) is 8.40. The molecule has 6 aliphatic rings. The molecule has 1 saturated heterocycles. The van der Waals surface area contributed by atoms with Crippen LogP contribution in [0.5, 0.6) is 0 Å². The first-order chi connectivity index (χ1) is 23.4. The van der Waals surface area contributed by atoms with Crippen LogP contribution < -0.4 is 0 Å². The molecule has 1 aromatic rings. The summed E-state index contributed by atoms with van der Waals surface area (Å²) in [7, 11) is 0. The predicted molar refractivity (Wildman–Crippen MR) is 192 cm³/mol. The Bertz CT molecular complexity index is 1620. The van der Waals surface area contributed by atoms with E-state index in [0.29, 0.717) is 25.8 Å². The quantitative estimate of drug-likeness (QED) is 0.313. The van der Waals surface area contributed by atoms with Gasteiger partial charge >= 0.3 is 11.9 Å². The molecule has 0 unspecified atom stereocenters. The van der Waals surface area contributed by atoms with Crippen LogP contribution >= 0.6 is 0 Å². The number of ether oxygens (including phenoxy) is 1. The highest BCUT2D eigenvalue weighted by Gasteiger charge is 2.71. The van der Waals surface area contributed by atoms with Crippen molar-refractivity contribution in [2.45, 2.75) is 132 Å². The molecule has 0 spiro atoms. The molecule has 0 radical (unpaired) electrons. The molecule has 1 aromatic carbocycles. The van der Waals surface area contributed by atoms with Crippen molar-refractivity contribution in [3.8, 4) is 0 Å². The Morgan fingerprint density at radius 2 is 1.58 bits per heavy atom. The van der Waals surface area contributed by atoms with Crippen molar-refractivity contribution >= 4 is 23.6 Å². The van der Waals surface area contributed by atoms with Crippen LogP contribution in [0.15, 0.2) is 42.0 Å². The lowest BCUT2D eigenvalue weighted by atomic mass is 9.33. The van der Waals surface area contributed by atoms with Gasteiger partial charge in [0.2, 0.25) is 5.91 Å². The smallest absolute Gasteiger partial charge is 0.326 e. The summed E-state index contributed by atoms with van der Waals surface area (Å²) in [6.45, 7) is 16.9. The Labute approximate surface area is 299 Å². The van der Waals surface area contributed by atoms with Gasteiger partial charge in [-0.1, -0.05) is 77.4 Å². The topological polar surface area (TPSA) is 101 Å². The monoisotopic (exact) mass is 685 g/mol. The van der Waals surface area contributed by atoms with Gasteiger partial charge in [-0.05, 0) is 128 Å². The standard InChI is InChI=1S/C43H59NO6/c1-38(2)28(35(46)44-23-11-14-31(44)36(47)48)15-17-41(5)33(38)16-18-43(7)34(41)32(45)24-29-30-25-40(4,20-19-39(30,3)21-22-42(29,43)6)37(49)50-26-27-12-9-8-10-13-27/h8-10,12-13,24,28,30-31,33-34H,11,14-23,25-26H2,1-7H3,(H,47,48)/t28-,30+,31-,33+,34-,39-,40+,41+,42-,43-/m1/s1. The van der Waals surface area contributed by atoms with Crippen molar-refractivity contribution in [1.82, 2.24) is 4.90 Å². The SMILES string of the molecule is CC1(C)[C@@H](C(=O)N2CCC[C@@H]2C(=O)O)CC[C@]2(C)[C@H]3C(=O)C=C4[C@@H]5C[C@@](C)(C(=O)OCc6ccccc6)CC[C@]5(C)CC[C@@]4(C)[C@]3(C)CC[C@@H]12. The normalized spacial score (nSPS) is 43.4. The zero-order chi connectivity index (χ0) is 36.1. The molecule has 7 rings (SSSR count). The maximum absolute atomic E-state index is 14.9. The fraction of sp³-hybridized carbons (Fsp3) is 0.721. The molecule has 1 aliphatic heterocycles. The molecule has 4 saturated carbocycles. The van der Waals surface area contributed by atoms with Gasteiger partial charge in [0, 0.05) is 18.4 Å². The van der Waals surface area contributed by atoms with E-state index in [4.69, 9.17) is 4.74 Å². The minimum atomic E-state index is -0.905. The number of benzene rings is 1. The van der Waals surface area contributed by atoms with Crippen LogP contribution in [-0.2, 0) is 30.5 Å². The van der Waals surface area contributed by atoms with Crippen molar-refractivity contribution in [3.05, 3.63) is 47.5 Å². The molecule has 1 N–H and O–H groups in total. The van der Waals surface area contributed by atoms with Crippen LogP contribution in [0.1, 0.15) is 125 Å². The van der Waals surface area contributed by atoms with Crippen molar-refractivity contribution in [1.29, 1.82) is 0 Å². The summed E-state index contributed by atoms with van der Waals surface area (Å²) in [6.07, 6.45) is 11.2. The first kappa shape index (κ1) is 35.4. The van der Waals surface area contributed by atoms with Gasteiger partial charge in [0.1, 0.15) is 12.6 Å². The first-order valence-electron chi connectivity index (χ1n) is 19.4. The van der Waals surface area contributed by atoms with Crippen LogP contribution in [0.3, 0.4) is 0 Å². The van der Waals surface area contributed by atoms with Gasteiger partial charge in [-0.2, -0.15) is 0 Å². The maximum Gasteiger partial charge on any atom is 0.326 e. The van der Waals surface area contributed by atoms with E-state index in [9.17, 15) is 24.3 Å². The Hall–Kier alpha value is -2.96. The molecule has 5 aliphatic carbocycles. The van der Waals surface area contributed by atoms with Crippen LogP contribution in [0.4, 0.5) is 0 Å². The van der Waals surface area contributed by atoms with Crippen LogP contribution in [0.25, 0.3) is 0 Å². The van der Waals surface area contributed by atoms with E-state index < -0.39 is 17.4 Å². The zero-order valence-electron chi connectivity index (χ0n) is 31.5. The number of fused-ring (bicyclic) bond motifs is 7. The molecule has 7 heteroatoms. The number of carbonyl (C=O) groups is 4. The summed E-state index contributed by atoms with van der Waals surface area (Å²) < 4.78 is 5.96. The molecular weight excluding hydrogens is 626 g/mol. The van der Waals surface area contributed by atoms with E-state index in [-0.39, 0.29) is 75.0 Å². The van der Waals surface area contributed by atoms with Crippen LogP contribution in [0.2, 0.25) is 0 Å². The number of amides is 1. The van der Waals surface area contributed by atoms with E-state index in [1.54, 1.807) is 4.90 Å². The van der Waals surface area contributed by atoms with Crippen molar-refractivity contribution < 1.29 is 29.0 Å². The number of rotatable bonds is 5. The first-order valence-corrected chi connectivity index (χ1v) is 19.4. The van der Waals surface area contributed by atoms with Crippen LogP contribution in [0, 0.1) is 56.2 Å². The number of carboxylic acid groups (broad SMARTS) is 1. The fourth-order valence-electron chi connectivity index (χ4n) is 13.2. The molecule has 50 heavy (non-hydrogen) atoms. The van der Waals surface area contributed by atoms with Gasteiger partial charge in [-0.15, -0.1) is 0 Å². The summed E-state index contributed by atoms with van der Waals surface area (Å²) in [5.74, 6) is -0.881. The molecule has 272 valence electrons. The van der Waals surface area contributed by atoms with Crippen molar-refractivity contribution in [2.75, 3.05) is 6.54 Å². The number of ketones is 1. The molecule has 7 nitrogen and oxygen atoms in total. The molecular formula is C43H59NO6. The molecule has 0 aromatic heterocycles. The Kier molecular flexibility index (Phi) is 8.35. The number of carbonyl (C=O) groups excluding carboxylic acids is 3. The van der Waals surface area contributed by atoms with Crippen molar-refractivity contribution in [3.63, 3.8) is 0 Å². The van der Waals surface area contributed by atoms with Gasteiger partial charge in [-0.25, -0.2) is 4.79 Å². The van der Waals surface area contributed by atoms with E-state index in [2.05, 4.69) is 54.5 Å². The Morgan fingerprint density at radius 3 is 2.28 bits per heavy atom. The number of hydrogen-bond donors (Lipinski definition) is 1. The van der Waals surface area contributed by atoms with Gasteiger partial charge < -0.3 is 14.7 Å². The average molecular weight is 686 g/mol. The summed E-state index contributed by atoms with van der Waals surface area (Å²) in [5.41, 5.74) is 0.659. The third-order valence-electron chi connectivity index (χ3n) is 16.4. The van der Waals surface area contributed by atoms with E-state index >= 15 is 0 Å². The highest BCUT2D eigenvalue weighted by Crippen LogP contribution is 2.75.